The molecule has 0 radical (unpaired) electrons. The number of nitrogens with one attached hydrogen (secondary N) is 1. The van der Waals surface area contributed by atoms with Gasteiger partial charge in [-0.1, -0.05) is 23.7 Å². The van der Waals surface area contributed by atoms with E-state index >= 15 is 0 Å². The number of nitrogens with two attached hydrogens (primary N) is 1. The lowest BCUT2D eigenvalue weighted by Crippen LogP contribution is -2.29. The molecule has 1 unspecified atom stereocenters. The normalized spacial score (nSPS) is 12.4. The molecule has 1 aromatic carbocycles. The van der Waals surface area contributed by atoms with E-state index < -0.39 is 0 Å². The van der Waals surface area contributed by atoms with E-state index in [0.29, 0.717) is 10.7 Å². The molecule has 20 heavy (non-hydrogen) atoms. The average Bonchev–Trinajstić information content (AvgIpc) is 2.41. The zero-order valence-electron chi connectivity index (χ0n) is 11.5. The molecule has 0 bridgehead atoms. The van der Waals surface area contributed by atoms with Crippen molar-refractivity contribution in [2.45, 2.75) is 26.0 Å². The van der Waals surface area contributed by atoms with Crippen molar-refractivity contribution in [3.8, 4) is 5.75 Å². The van der Waals surface area contributed by atoms with E-state index in [1.165, 1.54) is 0 Å². The Balaban J connectivity index is 2.35. The first-order valence-electron chi connectivity index (χ1n) is 6.45. The van der Waals surface area contributed by atoms with Crippen LogP contribution in [0.2, 0.25) is 5.02 Å². The lowest BCUT2D eigenvalue weighted by molar-refractivity contribution is 0.242. The minimum Gasteiger partial charge on any atom is -0.491 e. The Morgan fingerprint density at radius 2 is 2.05 bits per heavy atom. The standard InChI is InChI=1S/C15H18ClN3O/c1-10(2)20-12-6-3-5-11(9-12)14(19-17)15-13(16)7-4-8-18-15/h3-10,14,19H,17H2,1-2H3. The molecule has 2 aromatic rings. The van der Waals surface area contributed by atoms with Crippen LogP contribution >= 0.6 is 11.6 Å². The van der Waals surface area contributed by atoms with E-state index in [4.69, 9.17) is 22.2 Å². The summed E-state index contributed by atoms with van der Waals surface area (Å²) in [5, 5.41) is 0.575. The van der Waals surface area contributed by atoms with Crippen molar-refractivity contribution in [3.63, 3.8) is 0 Å². The number of hydrogen-bond donors (Lipinski definition) is 2. The Morgan fingerprint density at radius 1 is 1.25 bits per heavy atom. The van der Waals surface area contributed by atoms with E-state index in [0.717, 1.165) is 11.3 Å². The van der Waals surface area contributed by atoms with Crippen LogP contribution in [0.5, 0.6) is 5.75 Å². The van der Waals surface area contributed by atoms with Gasteiger partial charge in [0.1, 0.15) is 5.75 Å². The highest BCUT2D eigenvalue weighted by molar-refractivity contribution is 6.31. The maximum absolute atomic E-state index is 6.18. The number of hydrogen-bond acceptors (Lipinski definition) is 4. The predicted molar refractivity (Wildman–Crippen MR) is 80.6 cm³/mol. The fraction of sp³-hybridized carbons (Fsp3) is 0.267. The molecule has 0 aliphatic rings. The summed E-state index contributed by atoms with van der Waals surface area (Å²) in [6.45, 7) is 3.97. The number of nitrogens with zero attached hydrogens (tertiary/aromatic N) is 1. The van der Waals surface area contributed by atoms with Gasteiger partial charge in [-0.3, -0.25) is 10.8 Å². The van der Waals surface area contributed by atoms with Crippen molar-refractivity contribution in [1.82, 2.24) is 10.4 Å². The third kappa shape index (κ3) is 3.48. The molecule has 3 N–H and O–H groups in total. The largest absolute Gasteiger partial charge is 0.491 e. The van der Waals surface area contributed by atoms with Gasteiger partial charge in [-0.25, -0.2) is 5.43 Å². The maximum Gasteiger partial charge on any atom is 0.120 e. The summed E-state index contributed by atoms with van der Waals surface area (Å²) in [6.07, 6.45) is 1.81. The van der Waals surface area contributed by atoms with Gasteiger partial charge < -0.3 is 4.74 Å². The van der Waals surface area contributed by atoms with Crippen molar-refractivity contribution in [3.05, 3.63) is 58.9 Å². The Kier molecular flexibility index (Phi) is 4.95. The van der Waals surface area contributed by atoms with Gasteiger partial charge in [-0.2, -0.15) is 0 Å². The molecule has 0 saturated heterocycles. The number of aromatic nitrogens is 1. The molecule has 1 aromatic heterocycles. The van der Waals surface area contributed by atoms with Crippen LogP contribution in [0.25, 0.3) is 0 Å². The first-order valence-corrected chi connectivity index (χ1v) is 6.82. The van der Waals surface area contributed by atoms with Gasteiger partial charge in [0.2, 0.25) is 0 Å². The summed E-state index contributed by atoms with van der Waals surface area (Å²) in [7, 11) is 0. The molecule has 0 aliphatic carbocycles. The average molecular weight is 292 g/mol. The molecular formula is C15H18ClN3O. The molecule has 0 amide bonds. The molecule has 0 saturated carbocycles. The van der Waals surface area contributed by atoms with Gasteiger partial charge in [0, 0.05) is 6.20 Å². The van der Waals surface area contributed by atoms with E-state index in [9.17, 15) is 0 Å². The summed E-state index contributed by atoms with van der Waals surface area (Å²) < 4.78 is 5.69. The van der Waals surface area contributed by atoms with Crippen molar-refractivity contribution in [1.29, 1.82) is 0 Å². The molecule has 1 heterocycles. The summed E-state index contributed by atoms with van der Waals surface area (Å²) in [6, 6.07) is 11.0. The predicted octanol–water partition coefficient (Wildman–Crippen LogP) is 3.07. The number of rotatable bonds is 5. The second kappa shape index (κ2) is 6.70. The minimum atomic E-state index is -0.278. The first-order chi connectivity index (χ1) is 9.61. The van der Waals surface area contributed by atoms with Crippen LogP contribution in [0.3, 0.4) is 0 Å². The Hall–Kier alpha value is -1.62. The Bertz CT molecular complexity index is 575. The third-order valence-corrected chi connectivity index (χ3v) is 3.11. The molecule has 2 rings (SSSR count). The van der Waals surface area contributed by atoms with E-state index in [1.807, 2.05) is 38.1 Å². The van der Waals surface area contributed by atoms with Gasteiger partial charge in [-0.05, 0) is 43.7 Å². The van der Waals surface area contributed by atoms with Crippen LogP contribution in [0, 0.1) is 0 Å². The fourth-order valence-corrected chi connectivity index (χ4v) is 2.21. The van der Waals surface area contributed by atoms with Crippen LogP contribution in [0.1, 0.15) is 31.1 Å². The molecular weight excluding hydrogens is 274 g/mol. The summed E-state index contributed by atoms with van der Waals surface area (Å²) in [5.41, 5.74) is 4.40. The third-order valence-electron chi connectivity index (χ3n) is 2.79. The zero-order valence-corrected chi connectivity index (χ0v) is 12.3. The SMILES string of the molecule is CC(C)Oc1cccc(C(NN)c2ncccc2Cl)c1. The molecule has 5 heteroatoms. The van der Waals surface area contributed by atoms with Gasteiger partial charge in [0.05, 0.1) is 22.9 Å². The van der Waals surface area contributed by atoms with Gasteiger partial charge in [0.15, 0.2) is 0 Å². The number of hydrazine groups is 1. The summed E-state index contributed by atoms with van der Waals surface area (Å²) >= 11 is 6.18. The first kappa shape index (κ1) is 14.8. The zero-order chi connectivity index (χ0) is 14.5. The molecule has 0 spiro atoms. The minimum absolute atomic E-state index is 0.118. The summed E-state index contributed by atoms with van der Waals surface area (Å²) in [4.78, 5) is 4.30. The van der Waals surface area contributed by atoms with Crippen LogP contribution < -0.4 is 16.0 Å². The fourth-order valence-electron chi connectivity index (χ4n) is 1.98. The maximum atomic E-state index is 6.18. The summed E-state index contributed by atoms with van der Waals surface area (Å²) in [5.74, 6) is 6.46. The topological polar surface area (TPSA) is 60.2 Å². The highest BCUT2D eigenvalue weighted by atomic mass is 35.5. The smallest absolute Gasteiger partial charge is 0.120 e. The van der Waals surface area contributed by atoms with E-state index in [1.54, 1.807) is 18.3 Å². The second-order valence-electron chi connectivity index (χ2n) is 4.71. The molecule has 0 aliphatic heterocycles. The van der Waals surface area contributed by atoms with Gasteiger partial charge in [-0.15, -0.1) is 0 Å². The highest BCUT2D eigenvalue weighted by Gasteiger charge is 2.17. The van der Waals surface area contributed by atoms with Crippen LogP contribution in [-0.4, -0.2) is 11.1 Å². The van der Waals surface area contributed by atoms with Gasteiger partial charge >= 0.3 is 0 Å². The van der Waals surface area contributed by atoms with Crippen molar-refractivity contribution < 1.29 is 4.74 Å². The Morgan fingerprint density at radius 3 is 2.70 bits per heavy atom. The highest BCUT2D eigenvalue weighted by Crippen LogP contribution is 2.28. The second-order valence-corrected chi connectivity index (χ2v) is 5.12. The van der Waals surface area contributed by atoms with Crippen LogP contribution in [0.4, 0.5) is 0 Å². The number of benzene rings is 1. The number of ether oxygens (including phenoxy) is 1. The van der Waals surface area contributed by atoms with Crippen LogP contribution in [0.15, 0.2) is 42.6 Å². The van der Waals surface area contributed by atoms with Gasteiger partial charge in [0.25, 0.3) is 0 Å². The molecule has 4 nitrogen and oxygen atoms in total. The lowest BCUT2D eigenvalue weighted by atomic mass is 10.0. The van der Waals surface area contributed by atoms with E-state index in [-0.39, 0.29) is 12.1 Å². The number of pyridine rings is 1. The monoisotopic (exact) mass is 291 g/mol. The van der Waals surface area contributed by atoms with Crippen molar-refractivity contribution in [2.24, 2.45) is 5.84 Å². The lowest BCUT2D eigenvalue weighted by Gasteiger charge is -2.18. The Labute approximate surface area is 123 Å². The quantitative estimate of drug-likeness (QED) is 0.656. The molecule has 106 valence electrons. The molecule has 0 fully saturated rings. The number of halogens is 1. The van der Waals surface area contributed by atoms with Crippen LogP contribution in [-0.2, 0) is 0 Å². The van der Waals surface area contributed by atoms with E-state index in [2.05, 4.69) is 10.4 Å². The molecule has 1 atom stereocenters. The van der Waals surface area contributed by atoms with Crippen molar-refractivity contribution >= 4 is 11.6 Å². The van der Waals surface area contributed by atoms with Crippen molar-refractivity contribution in [2.75, 3.05) is 0 Å².